The van der Waals surface area contributed by atoms with Crippen LogP contribution in [0.3, 0.4) is 0 Å². The first-order valence-electron chi connectivity index (χ1n) is 15.0. The number of nitro groups is 1. The predicted molar refractivity (Wildman–Crippen MR) is 166 cm³/mol. The Labute approximate surface area is 257 Å². The second-order valence-corrected chi connectivity index (χ2v) is 11.2. The molecule has 1 saturated heterocycles. The minimum atomic E-state index is -0.699. The number of nitrogens with zero attached hydrogens (tertiary/aromatic N) is 2. The highest BCUT2D eigenvalue weighted by atomic mass is 16.6. The molecule has 11 nitrogen and oxygen atoms in total. The number of hydrogen-bond donors (Lipinski definition) is 3. The summed E-state index contributed by atoms with van der Waals surface area (Å²) in [5.41, 5.74) is 2.90. The van der Waals surface area contributed by atoms with Gasteiger partial charge in [0.25, 0.3) is 5.69 Å². The summed E-state index contributed by atoms with van der Waals surface area (Å²) in [7, 11) is 1.43. The number of rotatable bonds is 11. The number of nitro benzene ring substituents is 1. The molecule has 1 unspecified atom stereocenters. The highest BCUT2D eigenvalue weighted by Gasteiger charge is 2.44. The van der Waals surface area contributed by atoms with Gasteiger partial charge in [-0.15, -0.1) is 0 Å². The number of dihydropyridines is 1. The Balaban J connectivity index is 1.42. The van der Waals surface area contributed by atoms with Gasteiger partial charge in [-0.05, 0) is 70.8 Å². The number of nitrogens with one attached hydrogen (secondary N) is 3. The lowest BCUT2D eigenvalue weighted by atomic mass is 9.72. The van der Waals surface area contributed by atoms with E-state index in [2.05, 4.69) is 20.9 Å². The van der Waals surface area contributed by atoms with Gasteiger partial charge in [-0.3, -0.25) is 24.5 Å². The molecule has 11 heteroatoms. The van der Waals surface area contributed by atoms with Crippen LogP contribution in [0.15, 0.2) is 77.1 Å². The third-order valence-corrected chi connectivity index (χ3v) is 8.57. The fourth-order valence-electron chi connectivity index (χ4n) is 6.30. The number of amides is 2. The number of likely N-dealkylation sites (N-methyl/N-ethyl adjacent to an activating group) is 1. The molecule has 3 N–H and O–H groups in total. The van der Waals surface area contributed by atoms with E-state index in [-0.39, 0.29) is 23.5 Å². The topological polar surface area (TPSA) is 143 Å². The maximum Gasteiger partial charge on any atom is 0.316 e. The van der Waals surface area contributed by atoms with Crippen molar-refractivity contribution in [1.82, 2.24) is 20.9 Å². The first-order valence-corrected chi connectivity index (χ1v) is 15.0. The zero-order valence-electron chi connectivity index (χ0n) is 25.8. The van der Waals surface area contributed by atoms with Crippen molar-refractivity contribution in [2.24, 2.45) is 0 Å². The summed E-state index contributed by atoms with van der Waals surface area (Å²) in [6, 6.07) is 15.8. The van der Waals surface area contributed by atoms with E-state index in [0.717, 1.165) is 25.2 Å². The molecule has 2 amide bonds. The van der Waals surface area contributed by atoms with Gasteiger partial charge in [0.05, 0.1) is 17.4 Å². The quantitative estimate of drug-likeness (QED) is 0.153. The van der Waals surface area contributed by atoms with Crippen molar-refractivity contribution < 1.29 is 24.0 Å². The number of esters is 1. The van der Waals surface area contributed by atoms with E-state index in [9.17, 15) is 24.5 Å². The molecule has 1 fully saturated rings. The van der Waals surface area contributed by atoms with E-state index >= 15 is 0 Å². The fraction of sp³-hybridized carbons (Fsp3) is 0.424. The maximum absolute atomic E-state index is 13.7. The summed E-state index contributed by atoms with van der Waals surface area (Å²) in [5.74, 6) is -1.52. The van der Waals surface area contributed by atoms with E-state index in [1.165, 1.54) is 19.2 Å². The van der Waals surface area contributed by atoms with Gasteiger partial charge in [-0.1, -0.05) is 42.5 Å². The Morgan fingerprint density at radius 2 is 1.57 bits per heavy atom. The molecule has 4 rings (SSSR count). The van der Waals surface area contributed by atoms with Crippen LogP contribution in [-0.2, 0) is 24.5 Å². The molecule has 44 heavy (non-hydrogen) atoms. The zero-order valence-corrected chi connectivity index (χ0v) is 25.8. The van der Waals surface area contributed by atoms with Crippen LogP contribution in [-0.4, -0.2) is 67.4 Å². The molecule has 2 heterocycles. The lowest BCUT2D eigenvalue weighted by Crippen LogP contribution is -2.48. The zero-order chi connectivity index (χ0) is 31.9. The van der Waals surface area contributed by atoms with Crippen molar-refractivity contribution in [3.63, 3.8) is 0 Å². The summed E-state index contributed by atoms with van der Waals surface area (Å²) in [6.07, 6.45) is 2.00. The van der Waals surface area contributed by atoms with Crippen LogP contribution in [0, 0.1) is 10.1 Å². The van der Waals surface area contributed by atoms with Gasteiger partial charge < -0.3 is 25.6 Å². The standard InChI is InChI=1S/C33H41N5O6/c1-5-34-30(39)27-22(2)36-23(3)28(29(27)24-12-14-26(15-13-24)38(42)43)31(40)35-18-9-19-37-20-16-33(17-21-37,32(41)44-4)25-10-7-6-8-11-25/h6-8,10-15,29,36H,5,9,16-21H2,1-4H3,(H,34,39)(H,35,40). The molecule has 234 valence electrons. The fourth-order valence-corrected chi connectivity index (χ4v) is 6.30. The molecule has 2 aromatic carbocycles. The highest BCUT2D eigenvalue weighted by molar-refractivity contribution is 6.03. The van der Waals surface area contributed by atoms with E-state index in [1.54, 1.807) is 26.0 Å². The molecule has 2 aliphatic heterocycles. The SMILES string of the molecule is CCNC(=O)C1=C(C)NC(C)=C(C(=O)NCCCN2CCC(C(=O)OC)(c3ccccc3)CC2)C1c1ccc([N+](=O)[O-])cc1. The number of allylic oxidation sites excluding steroid dienone is 2. The van der Waals surface area contributed by atoms with Crippen LogP contribution < -0.4 is 16.0 Å². The van der Waals surface area contributed by atoms with Crippen LogP contribution in [0.1, 0.15) is 57.1 Å². The molecular formula is C33H41N5O6. The van der Waals surface area contributed by atoms with E-state index in [0.29, 0.717) is 60.5 Å². The largest absolute Gasteiger partial charge is 0.468 e. The number of ether oxygens (including phenoxy) is 1. The maximum atomic E-state index is 13.7. The van der Waals surface area contributed by atoms with Gasteiger partial charge in [-0.2, -0.15) is 0 Å². The second kappa shape index (κ2) is 14.3. The van der Waals surface area contributed by atoms with Crippen molar-refractivity contribution in [2.45, 2.75) is 51.4 Å². The smallest absolute Gasteiger partial charge is 0.316 e. The van der Waals surface area contributed by atoms with Gasteiger partial charge in [0.2, 0.25) is 11.8 Å². The van der Waals surface area contributed by atoms with E-state index < -0.39 is 16.3 Å². The van der Waals surface area contributed by atoms with Gasteiger partial charge >= 0.3 is 5.97 Å². The summed E-state index contributed by atoms with van der Waals surface area (Å²) in [6.45, 7) is 8.43. The number of methoxy groups -OCH3 is 1. The highest BCUT2D eigenvalue weighted by Crippen LogP contribution is 2.39. The molecule has 2 aromatic rings. The molecular weight excluding hydrogens is 562 g/mol. The average molecular weight is 604 g/mol. The molecule has 0 radical (unpaired) electrons. The Hall–Kier alpha value is -4.51. The minimum absolute atomic E-state index is 0.0695. The minimum Gasteiger partial charge on any atom is -0.468 e. The Morgan fingerprint density at radius 1 is 0.977 bits per heavy atom. The molecule has 0 bridgehead atoms. The van der Waals surface area contributed by atoms with Gasteiger partial charge in [0, 0.05) is 53.7 Å². The summed E-state index contributed by atoms with van der Waals surface area (Å²) in [5, 5.41) is 20.3. The number of benzene rings is 2. The van der Waals surface area contributed by atoms with Gasteiger partial charge in [0.1, 0.15) is 0 Å². The Bertz CT molecular complexity index is 1440. The first-order chi connectivity index (χ1) is 21.1. The van der Waals surface area contributed by atoms with Crippen molar-refractivity contribution in [2.75, 3.05) is 39.8 Å². The van der Waals surface area contributed by atoms with Crippen LogP contribution in [0.2, 0.25) is 0 Å². The van der Waals surface area contributed by atoms with E-state index in [4.69, 9.17) is 4.74 Å². The third-order valence-electron chi connectivity index (χ3n) is 8.57. The molecule has 0 saturated carbocycles. The summed E-state index contributed by atoms with van der Waals surface area (Å²) >= 11 is 0. The van der Waals surface area contributed by atoms with Gasteiger partial charge in [0.15, 0.2) is 0 Å². The predicted octanol–water partition coefficient (Wildman–Crippen LogP) is 3.68. The third kappa shape index (κ3) is 6.83. The molecule has 0 aliphatic carbocycles. The van der Waals surface area contributed by atoms with Crippen LogP contribution in [0.4, 0.5) is 5.69 Å². The Morgan fingerprint density at radius 3 is 2.11 bits per heavy atom. The average Bonchev–Trinajstić information content (AvgIpc) is 3.03. The van der Waals surface area contributed by atoms with Crippen molar-refractivity contribution in [3.05, 3.63) is 98.4 Å². The number of piperidine rings is 1. The van der Waals surface area contributed by atoms with Crippen molar-refractivity contribution in [3.8, 4) is 0 Å². The van der Waals surface area contributed by atoms with Crippen molar-refractivity contribution in [1.29, 1.82) is 0 Å². The number of carbonyl (C=O) groups is 3. The molecule has 2 aliphatic rings. The lowest BCUT2D eigenvalue weighted by molar-refractivity contribution is -0.384. The molecule has 0 spiro atoms. The molecule has 1 atom stereocenters. The Kier molecular flexibility index (Phi) is 10.5. The lowest BCUT2D eigenvalue weighted by Gasteiger charge is -2.40. The summed E-state index contributed by atoms with van der Waals surface area (Å²) < 4.78 is 5.20. The van der Waals surface area contributed by atoms with Crippen molar-refractivity contribution >= 4 is 23.5 Å². The molecule has 0 aromatic heterocycles. The number of non-ortho nitro benzene ring substituents is 1. The van der Waals surface area contributed by atoms with Gasteiger partial charge in [-0.25, -0.2) is 0 Å². The normalized spacial score (nSPS) is 18.3. The summed E-state index contributed by atoms with van der Waals surface area (Å²) in [4.78, 5) is 52.7. The van der Waals surface area contributed by atoms with Crippen LogP contribution in [0.25, 0.3) is 0 Å². The monoisotopic (exact) mass is 603 g/mol. The number of hydrogen-bond acceptors (Lipinski definition) is 8. The first kappa shape index (κ1) is 32.4. The van der Waals surface area contributed by atoms with Crippen LogP contribution >= 0.6 is 0 Å². The number of likely N-dealkylation sites (tertiary alicyclic amines) is 1. The van der Waals surface area contributed by atoms with E-state index in [1.807, 2.05) is 37.3 Å². The second-order valence-electron chi connectivity index (χ2n) is 11.2. The number of carbonyl (C=O) groups excluding carboxylic acids is 3. The van der Waals surface area contributed by atoms with Crippen LogP contribution in [0.5, 0.6) is 0 Å².